The van der Waals surface area contributed by atoms with Crippen LogP contribution in [0, 0.1) is 0 Å². The Morgan fingerprint density at radius 3 is 2.36 bits per heavy atom. The summed E-state index contributed by atoms with van der Waals surface area (Å²) in [5.74, 6) is -2.07. The molecule has 3 aromatic rings. The fourth-order valence-corrected chi connectivity index (χ4v) is 4.56. The number of alkyl halides is 3. The van der Waals surface area contributed by atoms with E-state index in [4.69, 9.17) is 25.1 Å². The molecule has 47 heavy (non-hydrogen) atoms. The minimum atomic E-state index is -5.08. The molecule has 0 unspecified atom stereocenters. The number of nitrogens with two attached hydrogens (primary N) is 1. The average Bonchev–Trinajstić information content (AvgIpc) is 3.89. The van der Waals surface area contributed by atoms with Crippen LogP contribution in [-0.4, -0.2) is 65.7 Å². The molecule has 1 heterocycles. The van der Waals surface area contributed by atoms with Crippen molar-refractivity contribution < 1.29 is 46.9 Å². The van der Waals surface area contributed by atoms with Crippen LogP contribution in [0.5, 0.6) is 11.5 Å². The van der Waals surface area contributed by atoms with Crippen LogP contribution in [0.2, 0.25) is 0 Å². The van der Waals surface area contributed by atoms with Crippen molar-refractivity contribution >= 4 is 35.1 Å². The number of benzene rings is 3. The largest absolute Gasteiger partial charge is 0.494 e. The first kappa shape index (κ1) is 34.8. The smallest absolute Gasteiger partial charge is 0.490 e. The van der Waals surface area contributed by atoms with Crippen LogP contribution >= 0.6 is 0 Å². The van der Waals surface area contributed by atoms with E-state index in [9.17, 15) is 27.6 Å². The van der Waals surface area contributed by atoms with Gasteiger partial charge in [0.1, 0.15) is 11.5 Å². The third-order valence-electron chi connectivity index (χ3n) is 7.13. The Morgan fingerprint density at radius 2 is 1.70 bits per heavy atom. The van der Waals surface area contributed by atoms with E-state index < -0.39 is 12.1 Å². The van der Waals surface area contributed by atoms with E-state index in [1.807, 2.05) is 41.3 Å². The SMILES string of the molecule is NCCCCCOc1cccc(NC(=O)c2ccc(CN(C(=O)c3ccc4c(c3)OCC(=O)N4)C3CC3)cc2)c1.O=C(O)C(F)(F)F. The Balaban J connectivity index is 0.000000644. The van der Waals surface area contributed by atoms with Crippen molar-refractivity contribution in [3.05, 3.63) is 83.4 Å². The van der Waals surface area contributed by atoms with E-state index in [2.05, 4.69) is 10.6 Å². The molecule has 0 spiro atoms. The maximum Gasteiger partial charge on any atom is 0.490 e. The summed E-state index contributed by atoms with van der Waals surface area (Å²) in [7, 11) is 0. The number of amides is 3. The molecule has 1 aliphatic heterocycles. The van der Waals surface area contributed by atoms with Crippen LogP contribution in [0.4, 0.5) is 24.5 Å². The summed E-state index contributed by atoms with van der Waals surface area (Å²) in [6, 6.07) is 19.9. The molecule has 1 saturated carbocycles. The molecule has 0 saturated heterocycles. The van der Waals surface area contributed by atoms with E-state index in [0.29, 0.717) is 53.7 Å². The minimum absolute atomic E-state index is 0.0637. The number of nitrogens with zero attached hydrogens (tertiary/aromatic N) is 1. The zero-order valence-corrected chi connectivity index (χ0v) is 25.3. The second-order valence-corrected chi connectivity index (χ2v) is 10.9. The minimum Gasteiger partial charge on any atom is -0.494 e. The number of unbranched alkanes of at least 4 members (excludes halogenated alkanes) is 2. The van der Waals surface area contributed by atoms with Gasteiger partial charge in [0, 0.05) is 35.5 Å². The zero-order valence-electron chi connectivity index (χ0n) is 25.3. The first-order chi connectivity index (χ1) is 22.4. The van der Waals surface area contributed by atoms with Crippen molar-refractivity contribution in [2.75, 3.05) is 30.4 Å². The number of anilines is 2. The standard InChI is InChI=1S/C31H34N4O5.C2HF3O2/c32-15-2-1-3-16-39-26-6-4-5-24(18-26)33-30(37)22-9-7-21(8-10-22)19-35(25-12-13-25)31(38)23-11-14-27-28(17-23)40-20-29(36)34-27;3-2(4,5)1(6)7/h4-11,14,17-18,25H,1-3,12-13,15-16,19-20,32H2,(H,33,37)(H,34,36);(H,6,7). The molecule has 11 nitrogen and oxygen atoms in total. The fraction of sp³-hybridized carbons (Fsp3) is 0.333. The van der Waals surface area contributed by atoms with Gasteiger partial charge >= 0.3 is 12.1 Å². The molecule has 3 aromatic carbocycles. The summed E-state index contributed by atoms with van der Waals surface area (Å²) in [5.41, 5.74) is 8.72. The van der Waals surface area contributed by atoms with Crippen LogP contribution in [0.15, 0.2) is 66.7 Å². The second kappa shape index (κ2) is 15.9. The zero-order chi connectivity index (χ0) is 34.0. The maximum absolute atomic E-state index is 13.4. The lowest BCUT2D eigenvalue weighted by Crippen LogP contribution is -2.33. The van der Waals surface area contributed by atoms with Gasteiger partial charge in [0.15, 0.2) is 6.61 Å². The lowest BCUT2D eigenvalue weighted by Gasteiger charge is -2.24. The van der Waals surface area contributed by atoms with Crippen molar-refractivity contribution in [2.24, 2.45) is 5.73 Å². The number of carboxylic acid groups (broad SMARTS) is 1. The van der Waals surface area contributed by atoms with Crippen LogP contribution < -0.4 is 25.8 Å². The number of ether oxygens (including phenoxy) is 2. The molecule has 14 heteroatoms. The highest BCUT2D eigenvalue weighted by Gasteiger charge is 2.38. The molecule has 5 rings (SSSR count). The van der Waals surface area contributed by atoms with Crippen molar-refractivity contribution in [2.45, 2.75) is 50.9 Å². The highest BCUT2D eigenvalue weighted by molar-refractivity contribution is 6.04. The van der Waals surface area contributed by atoms with Crippen molar-refractivity contribution in [1.82, 2.24) is 4.90 Å². The van der Waals surface area contributed by atoms with Gasteiger partial charge in [-0.3, -0.25) is 14.4 Å². The highest BCUT2D eigenvalue weighted by atomic mass is 19.4. The normalized spacial score (nSPS) is 13.6. The number of aliphatic carboxylic acids is 1. The molecule has 0 bridgehead atoms. The maximum atomic E-state index is 13.4. The molecule has 0 radical (unpaired) electrons. The van der Waals surface area contributed by atoms with Gasteiger partial charge in [-0.1, -0.05) is 18.2 Å². The number of hydrogen-bond acceptors (Lipinski definition) is 7. The van der Waals surface area contributed by atoms with Gasteiger partial charge in [-0.15, -0.1) is 0 Å². The van der Waals surface area contributed by atoms with Gasteiger partial charge in [0.05, 0.1) is 12.3 Å². The Labute approximate surface area is 268 Å². The summed E-state index contributed by atoms with van der Waals surface area (Å²) in [6.07, 6.45) is -0.218. The predicted molar refractivity (Wildman–Crippen MR) is 166 cm³/mol. The summed E-state index contributed by atoms with van der Waals surface area (Å²) < 4.78 is 43.0. The Hall–Kier alpha value is -5.11. The topological polar surface area (TPSA) is 160 Å². The van der Waals surface area contributed by atoms with E-state index in [0.717, 1.165) is 37.7 Å². The number of carbonyl (C=O) groups is 4. The Kier molecular flexibility index (Phi) is 11.8. The molecule has 250 valence electrons. The van der Waals surface area contributed by atoms with Crippen molar-refractivity contribution in [3.8, 4) is 11.5 Å². The number of halogens is 3. The van der Waals surface area contributed by atoms with Gasteiger partial charge < -0.3 is 35.8 Å². The van der Waals surface area contributed by atoms with Crippen LogP contribution in [0.25, 0.3) is 0 Å². The molecule has 1 aliphatic carbocycles. The molecule has 3 amide bonds. The average molecular weight is 657 g/mol. The monoisotopic (exact) mass is 656 g/mol. The fourth-order valence-electron chi connectivity index (χ4n) is 4.56. The van der Waals surface area contributed by atoms with E-state index in [1.165, 1.54) is 0 Å². The molecule has 0 aromatic heterocycles. The number of hydrogen-bond donors (Lipinski definition) is 4. The van der Waals surface area contributed by atoms with Crippen LogP contribution in [-0.2, 0) is 16.1 Å². The summed E-state index contributed by atoms with van der Waals surface area (Å²) >= 11 is 0. The number of nitrogens with one attached hydrogen (secondary N) is 2. The van der Waals surface area contributed by atoms with E-state index >= 15 is 0 Å². The summed E-state index contributed by atoms with van der Waals surface area (Å²) in [5, 5.41) is 12.8. The van der Waals surface area contributed by atoms with Crippen LogP contribution in [0.3, 0.4) is 0 Å². The molecule has 2 aliphatic rings. The van der Waals surface area contributed by atoms with Gasteiger partial charge in [-0.25, -0.2) is 4.79 Å². The Bertz CT molecular complexity index is 1580. The Morgan fingerprint density at radius 1 is 1.00 bits per heavy atom. The van der Waals surface area contributed by atoms with Gasteiger partial charge in [-0.05, 0) is 86.7 Å². The second-order valence-electron chi connectivity index (χ2n) is 10.9. The van der Waals surface area contributed by atoms with Crippen molar-refractivity contribution in [3.63, 3.8) is 0 Å². The van der Waals surface area contributed by atoms with Gasteiger partial charge in [0.25, 0.3) is 17.7 Å². The first-order valence-electron chi connectivity index (χ1n) is 15.0. The van der Waals surface area contributed by atoms with Gasteiger partial charge in [-0.2, -0.15) is 13.2 Å². The summed E-state index contributed by atoms with van der Waals surface area (Å²) in [4.78, 5) is 48.6. The highest BCUT2D eigenvalue weighted by Crippen LogP contribution is 2.33. The number of fused-ring (bicyclic) bond motifs is 1. The molecular weight excluding hydrogens is 621 g/mol. The molecule has 0 atom stereocenters. The lowest BCUT2D eigenvalue weighted by atomic mass is 10.1. The predicted octanol–water partition coefficient (Wildman–Crippen LogP) is 5.22. The quantitative estimate of drug-likeness (QED) is 0.193. The van der Waals surface area contributed by atoms with E-state index in [1.54, 1.807) is 30.3 Å². The van der Waals surface area contributed by atoms with E-state index in [-0.39, 0.29) is 30.4 Å². The molecular formula is C33H35F3N4O7. The van der Waals surface area contributed by atoms with Gasteiger partial charge in [0.2, 0.25) is 0 Å². The third-order valence-corrected chi connectivity index (χ3v) is 7.13. The third kappa shape index (κ3) is 10.5. The van der Waals surface area contributed by atoms with Crippen LogP contribution in [0.1, 0.15) is 58.4 Å². The lowest BCUT2D eigenvalue weighted by molar-refractivity contribution is -0.192. The number of carbonyl (C=O) groups excluding carboxylic acids is 3. The summed E-state index contributed by atoms with van der Waals surface area (Å²) in [6.45, 7) is 1.67. The molecule has 5 N–H and O–H groups in total. The molecule has 1 fully saturated rings. The van der Waals surface area contributed by atoms with Crippen molar-refractivity contribution in [1.29, 1.82) is 0 Å². The number of carboxylic acids is 1. The number of rotatable bonds is 12. The first-order valence-corrected chi connectivity index (χ1v) is 15.0.